The minimum atomic E-state index is -1.35. The van der Waals surface area contributed by atoms with Crippen LogP contribution in [0.25, 0.3) is 17.1 Å². The third kappa shape index (κ3) is 5.08. The van der Waals surface area contributed by atoms with E-state index in [1.54, 1.807) is 13.8 Å². The highest BCUT2D eigenvalue weighted by molar-refractivity contribution is 5.61. The zero-order valence-corrected chi connectivity index (χ0v) is 20.8. The Kier molecular flexibility index (Phi) is 6.83. The normalized spacial score (nSPS) is 11.6. The van der Waals surface area contributed by atoms with Gasteiger partial charge in [-0.15, -0.1) is 0 Å². The first-order valence-corrected chi connectivity index (χ1v) is 11.3. The summed E-state index contributed by atoms with van der Waals surface area (Å²) >= 11 is 0. The standard InChI is InChI=1S/C26H24F3N5O3/c1-13-10-32-22(18-6-7-30-25(33-18)26(4,5)36)21(29)23(13)34-14(2)8-20(15(3)24(34)35)37-12-19-17(28)9-16(27)11-31-19/h6-11,36H,12H2,1-5H3. The Morgan fingerprint density at radius 3 is 2.46 bits per heavy atom. The van der Waals surface area contributed by atoms with Crippen molar-refractivity contribution in [3.63, 3.8) is 0 Å². The third-order valence-corrected chi connectivity index (χ3v) is 5.68. The van der Waals surface area contributed by atoms with E-state index in [2.05, 4.69) is 19.9 Å². The van der Waals surface area contributed by atoms with Gasteiger partial charge in [-0.1, -0.05) is 0 Å². The molecule has 0 atom stereocenters. The maximum atomic E-state index is 15.9. The molecule has 0 saturated carbocycles. The van der Waals surface area contributed by atoms with E-state index in [9.17, 15) is 18.7 Å². The van der Waals surface area contributed by atoms with Gasteiger partial charge in [-0.25, -0.2) is 23.1 Å². The molecule has 0 aliphatic rings. The molecule has 0 spiro atoms. The molecule has 0 aliphatic carbocycles. The smallest absolute Gasteiger partial charge is 0.262 e. The van der Waals surface area contributed by atoms with Crippen LogP contribution >= 0.6 is 0 Å². The molecule has 1 N–H and O–H groups in total. The molecule has 11 heteroatoms. The second-order valence-corrected chi connectivity index (χ2v) is 9.06. The number of hydrogen-bond acceptors (Lipinski definition) is 7. The molecule has 0 bridgehead atoms. The maximum Gasteiger partial charge on any atom is 0.262 e. The molecule has 4 aromatic rings. The van der Waals surface area contributed by atoms with E-state index in [1.807, 2.05) is 0 Å². The first kappa shape index (κ1) is 26.0. The number of rotatable bonds is 6. The Bertz CT molecular complexity index is 1560. The van der Waals surface area contributed by atoms with Crippen molar-refractivity contribution in [2.24, 2.45) is 0 Å². The zero-order chi connectivity index (χ0) is 27.1. The van der Waals surface area contributed by atoms with Crippen molar-refractivity contribution in [3.8, 4) is 22.8 Å². The highest BCUT2D eigenvalue weighted by Crippen LogP contribution is 2.29. The molecule has 0 unspecified atom stereocenters. The molecular weight excluding hydrogens is 487 g/mol. The van der Waals surface area contributed by atoms with Crippen LogP contribution in [-0.2, 0) is 12.2 Å². The predicted octanol–water partition coefficient (Wildman–Crippen LogP) is 4.23. The van der Waals surface area contributed by atoms with E-state index in [0.29, 0.717) is 17.3 Å². The second-order valence-electron chi connectivity index (χ2n) is 9.06. The van der Waals surface area contributed by atoms with Crippen LogP contribution < -0.4 is 10.3 Å². The summed E-state index contributed by atoms with van der Waals surface area (Å²) in [5.41, 5.74) is -1.13. The maximum absolute atomic E-state index is 15.9. The average molecular weight is 512 g/mol. The number of aliphatic hydroxyl groups is 1. The summed E-state index contributed by atoms with van der Waals surface area (Å²) in [4.78, 5) is 29.5. The lowest BCUT2D eigenvalue weighted by molar-refractivity contribution is 0.0688. The number of halogens is 3. The molecule has 192 valence electrons. The van der Waals surface area contributed by atoms with Gasteiger partial charge in [0.25, 0.3) is 5.56 Å². The Labute approximate surface area is 210 Å². The molecule has 0 amide bonds. The first-order chi connectivity index (χ1) is 17.4. The van der Waals surface area contributed by atoms with Crippen LogP contribution in [0.4, 0.5) is 13.2 Å². The summed E-state index contributed by atoms with van der Waals surface area (Å²) in [7, 11) is 0. The van der Waals surface area contributed by atoms with Gasteiger partial charge in [-0.05, 0) is 46.2 Å². The van der Waals surface area contributed by atoms with E-state index < -0.39 is 28.6 Å². The van der Waals surface area contributed by atoms with Gasteiger partial charge in [0.05, 0.1) is 23.1 Å². The average Bonchev–Trinajstić information content (AvgIpc) is 2.83. The lowest BCUT2D eigenvalue weighted by Crippen LogP contribution is -2.26. The molecule has 0 saturated heterocycles. The van der Waals surface area contributed by atoms with E-state index in [4.69, 9.17) is 4.74 Å². The van der Waals surface area contributed by atoms with Gasteiger partial charge in [-0.3, -0.25) is 19.3 Å². The molecule has 0 fully saturated rings. The van der Waals surface area contributed by atoms with Crippen molar-refractivity contribution in [1.29, 1.82) is 0 Å². The number of aromatic nitrogens is 5. The van der Waals surface area contributed by atoms with Crippen molar-refractivity contribution in [2.75, 3.05) is 0 Å². The molecule has 4 rings (SSSR count). The molecule has 37 heavy (non-hydrogen) atoms. The molecular formula is C26H24F3N5O3. The fourth-order valence-electron chi connectivity index (χ4n) is 3.72. The summed E-state index contributed by atoms with van der Waals surface area (Å²) in [6, 6.07) is 3.67. The van der Waals surface area contributed by atoms with Gasteiger partial charge < -0.3 is 9.84 Å². The number of ether oxygens (including phenoxy) is 1. The van der Waals surface area contributed by atoms with Crippen LogP contribution in [-0.4, -0.2) is 29.6 Å². The minimum absolute atomic E-state index is 0.0168. The van der Waals surface area contributed by atoms with Crippen LogP contribution in [0.2, 0.25) is 0 Å². The van der Waals surface area contributed by atoms with Crippen LogP contribution in [0, 0.1) is 38.2 Å². The minimum Gasteiger partial charge on any atom is -0.487 e. The van der Waals surface area contributed by atoms with E-state index in [0.717, 1.165) is 6.20 Å². The Balaban J connectivity index is 1.77. The van der Waals surface area contributed by atoms with Crippen molar-refractivity contribution in [1.82, 2.24) is 24.5 Å². The second kappa shape index (κ2) is 9.74. The summed E-state index contributed by atoms with van der Waals surface area (Å²) in [5.74, 6) is -2.23. The lowest BCUT2D eigenvalue weighted by atomic mass is 10.1. The Morgan fingerprint density at radius 2 is 1.78 bits per heavy atom. The fourth-order valence-corrected chi connectivity index (χ4v) is 3.72. The molecule has 0 radical (unpaired) electrons. The van der Waals surface area contributed by atoms with Crippen molar-refractivity contribution in [3.05, 3.63) is 92.9 Å². The van der Waals surface area contributed by atoms with E-state index in [1.165, 1.54) is 49.9 Å². The van der Waals surface area contributed by atoms with Crippen LogP contribution in [0.5, 0.6) is 5.75 Å². The molecule has 0 aromatic carbocycles. The Morgan fingerprint density at radius 1 is 1.05 bits per heavy atom. The summed E-state index contributed by atoms with van der Waals surface area (Å²) in [6.07, 6.45) is 3.68. The predicted molar refractivity (Wildman–Crippen MR) is 129 cm³/mol. The van der Waals surface area contributed by atoms with Gasteiger partial charge in [-0.2, -0.15) is 0 Å². The number of aryl methyl sites for hydroxylation is 2. The Hall–Kier alpha value is -4.12. The quantitative estimate of drug-likeness (QED) is 0.413. The lowest BCUT2D eigenvalue weighted by Gasteiger charge is -2.19. The van der Waals surface area contributed by atoms with Crippen molar-refractivity contribution in [2.45, 2.75) is 46.8 Å². The van der Waals surface area contributed by atoms with Crippen LogP contribution in [0.3, 0.4) is 0 Å². The van der Waals surface area contributed by atoms with Gasteiger partial charge in [0.15, 0.2) is 17.5 Å². The molecule has 8 nitrogen and oxygen atoms in total. The van der Waals surface area contributed by atoms with Gasteiger partial charge in [0.1, 0.15) is 35.2 Å². The number of pyridine rings is 3. The fraction of sp³-hybridized carbons (Fsp3) is 0.269. The highest BCUT2D eigenvalue weighted by Gasteiger charge is 2.24. The summed E-state index contributed by atoms with van der Waals surface area (Å²) in [6.45, 7) is 7.39. The van der Waals surface area contributed by atoms with E-state index >= 15 is 4.39 Å². The number of nitrogens with zero attached hydrogens (tertiary/aromatic N) is 5. The van der Waals surface area contributed by atoms with Crippen LogP contribution in [0.15, 0.2) is 41.6 Å². The largest absolute Gasteiger partial charge is 0.487 e. The summed E-state index contributed by atoms with van der Waals surface area (Å²) in [5, 5.41) is 10.2. The summed E-state index contributed by atoms with van der Waals surface area (Å²) < 4.78 is 49.8. The molecule has 4 aromatic heterocycles. The zero-order valence-electron chi connectivity index (χ0n) is 20.8. The van der Waals surface area contributed by atoms with Crippen molar-refractivity contribution < 1.29 is 23.0 Å². The highest BCUT2D eigenvalue weighted by atomic mass is 19.1. The third-order valence-electron chi connectivity index (χ3n) is 5.68. The number of hydrogen-bond donors (Lipinski definition) is 1. The van der Waals surface area contributed by atoms with E-state index in [-0.39, 0.29) is 46.5 Å². The topological polar surface area (TPSA) is 103 Å². The van der Waals surface area contributed by atoms with Gasteiger partial charge in [0.2, 0.25) is 0 Å². The first-order valence-electron chi connectivity index (χ1n) is 11.3. The molecule has 4 heterocycles. The van der Waals surface area contributed by atoms with Crippen molar-refractivity contribution >= 4 is 0 Å². The monoisotopic (exact) mass is 511 g/mol. The van der Waals surface area contributed by atoms with Crippen LogP contribution in [0.1, 0.15) is 42.2 Å². The van der Waals surface area contributed by atoms with Gasteiger partial charge >= 0.3 is 0 Å². The SMILES string of the molecule is Cc1cnc(-c2ccnc(C(C)(C)O)n2)c(F)c1-n1c(C)cc(OCc2ncc(F)cc2F)c(C)c1=O. The molecule has 0 aliphatic heterocycles. The van der Waals surface area contributed by atoms with Gasteiger partial charge in [0, 0.05) is 30.2 Å².